The molecule has 5 heteroatoms. The van der Waals surface area contributed by atoms with Crippen LogP contribution in [0.25, 0.3) is 6.08 Å². The van der Waals surface area contributed by atoms with Crippen molar-refractivity contribution in [3.8, 4) is 0 Å². The van der Waals surface area contributed by atoms with Crippen molar-refractivity contribution in [3.05, 3.63) is 76.9 Å². The summed E-state index contributed by atoms with van der Waals surface area (Å²) in [6.45, 7) is 1.39. The number of aryl methyl sites for hydroxylation is 1. The van der Waals surface area contributed by atoms with E-state index in [9.17, 15) is 9.59 Å². The standard InChI is InChI=1S/C23H24N2O3/c26-21(24-28)19-9-8-18-10-11-23(16-20(18)15-19)12-14-25(22(23)27)13-4-7-17-5-2-1-3-6-17/h1-9,15,28H,10-14,16H2,(H,24,26)/t23-/m0/s1. The Morgan fingerprint density at radius 2 is 1.96 bits per heavy atom. The summed E-state index contributed by atoms with van der Waals surface area (Å²) in [6, 6.07) is 15.5. The Kier molecular flexibility index (Phi) is 5.01. The van der Waals surface area contributed by atoms with Gasteiger partial charge in [0.25, 0.3) is 5.91 Å². The monoisotopic (exact) mass is 376 g/mol. The number of carbonyl (C=O) groups excluding carboxylic acids is 2. The van der Waals surface area contributed by atoms with Gasteiger partial charge in [-0.1, -0.05) is 48.6 Å². The number of amides is 2. The van der Waals surface area contributed by atoms with Crippen molar-refractivity contribution in [2.24, 2.45) is 5.41 Å². The quantitative estimate of drug-likeness (QED) is 0.636. The van der Waals surface area contributed by atoms with Crippen molar-refractivity contribution in [1.82, 2.24) is 10.4 Å². The first-order chi connectivity index (χ1) is 13.6. The Balaban J connectivity index is 1.47. The number of hydroxylamine groups is 1. The van der Waals surface area contributed by atoms with E-state index in [1.54, 1.807) is 11.5 Å². The first-order valence-corrected chi connectivity index (χ1v) is 9.68. The van der Waals surface area contributed by atoms with Crippen LogP contribution in [0.4, 0.5) is 0 Å². The van der Waals surface area contributed by atoms with Gasteiger partial charge in [0.15, 0.2) is 0 Å². The molecule has 2 aromatic carbocycles. The number of rotatable bonds is 4. The van der Waals surface area contributed by atoms with E-state index in [1.807, 2.05) is 59.5 Å². The molecule has 0 unspecified atom stereocenters. The molecule has 1 saturated heterocycles. The summed E-state index contributed by atoms with van der Waals surface area (Å²) in [7, 11) is 0. The second-order valence-electron chi connectivity index (χ2n) is 7.70. The molecule has 0 saturated carbocycles. The second kappa shape index (κ2) is 7.60. The Bertz CT molecular complexity index is 923. The van der Waals surface area contributed by atoms with Crippen LogP contribution in [0.3, 0.4) is 0 Å². The molecule has 144 valence electrons. The highest BCUT2D eigenvalue weighted by molar-refractivity contribution is 5.93. The van der Waals surface area contributed by atoms with Gasteiger partial charge in [-0.2, -0.15) is 0 Å². The maximum absolute atomic E-state index is 13.2. The molecule has 4 rings (SSSR count). The summed E-state index contributed by atoms with van der Waals surface area (Å²) in [5.74, 6) is -0.305. The topological polar surface area (TPSA) is 69.6 Å². The van der Waals surface area contributed by atoms with Gasteiger partial charge in [0.1, 0.15) is 0 Å². The maximum atomic E-state index is 13.2. The lowest BCUT2D eigenvalue weighted by atomic mass is 9.70. The third-order valence-electron chi connectivity index (χ3n) is 6.01. The summed E-state index contributed by atoms with van der Waals surface area (Å²) < 4.78 is 0. The Labute approximate surface area is 164 Å². The van der Waals surface area contributed by atoms with Crippen LogP contribution in [0.1, 0.15) is 39.9 Å². The van der Waals surface area contributed by atoms with Gasteiger partial charge in [-0.25, -0.2) is 5.48 Å². The first kappa shape index (κ1) is 18.4. The van der Waals surface area contributed by atoms with Gasteiger partial charge < -0.3 is 4.90 Å². The lowest BCUT2D eigenvalue weighted by molar-refractivity contribution is -0.136. The minimum atomic E-state index is -0.521. The zero-order chi connectivity index (χ0) is 19.6. The summed E-state index contributed by atoms with van der Waals surface area (Å²) in [4.78, 5) is 26.8. The van der Waals surface area contributed by atoms with Gasteiger partial charge >= 0.3 is 0 Å². The van der Waals surface area contributed by atoms with Crippen LogP contribution in [-0.2, 0) is 17.6 Å². The number of nitrogens with zero attached hydrogens (tertiary/aromatic N) is 1. The van der Waals surface area contributed by atoms with E-state index in [0.29, 0.717) is 18.5 Å². The minimum Gasteiger partial charge on any atom is -0.338 e. The van der Waals surface area contributed by atoms with Crippen LogP contribution in [-0.4, -0.2) is 35.0 Å². The van der Waals surface area contributed by atoms with Crippen LogP contribution in [0.2, 0.25) is 0 Å². The minimum absolute atomic E-state index is 0.216. The van der Waals surface area contributed by atoms with Crippen LogP contribution >= 0.6 is 0 Å². The van der Waals surface area contributed by atoms with Gasteiger partial charge in [0.2, 0.25) is 5.91 Å². The molecule has 5 nitrogen and oxygen atoms in total. The van der Waals surface area contributed by atoms with E-state index >= 15 is 0 Å². The Hall–Kier alpha value is -2.92. The van der Waals surface area contributed by atoms with Crippen molar-refractivity contribution >= 4 is 17.9 Å². The number of carbonyl (C=O) groups is 2. The molecule has 1 aliphatic carbocycles. The maximum Gasteiger partial charge on any atom is 0.274 e. The number of nitrogens with one attached hydrogen (secondary N) is 1. The molecule has 1 atom stereocenters. The van der Waals surface area contributed by atoms with Crippen LogP contribution < -0.4 is 5.48 Å². The third kappa shape index (κ3) is 3.45. The normalized spacial score (nSPS) is 21.3. The lowest BCUT2D eigenvalue weighted by Crippen LogP contribution is -2.38. The Morgan fingerprint density at radius 1 is 1.14 bits per heavy atom. The van der Waals surface area contributed by atoms with E-state index in [-0.39, 0.29) is 11.3 Å². The molecule has 0 aromatic heterocycles. The van der Waals surface area contributed by atoms with E-state index < -0.39 is 5.91 Å². The molecule has 0 radical (unpaired) electrons. The molecule has 2 amide bonds. The molecular weight excluding hydrogens is 352 g/mol. The van der Waals surface area contributed by atoms with E-state index in [0.717, 1.165) is 36.9 Å². The first-order valence-electron chi connectivity index (χ1n) is 9.68. The van der Waals surface area contributed by atoms with E-state index in [2.05, 4.69) is 0 Å². The summed E-state index contributed by atoms with van der Waals surface area (Å²) in [6.07, 6.45) is 7.30. The van der Waals surface area contributed by atoms with E-state index in [4.69, 9.17) is 5.21 Å². The fraction of sp³-hybridized carbons (Fsp3) is 0.304. The number of benzene rings is 2. The van der Waals surface area contributed by atoms with Crippen molar-refractivity contribution in [3.63, 3.8) is 0 Å². The predicted molar refractivity (Wildman–Crippen MR) is 107 cm³/mol. The van der Waals surface area contributed by atoms with E-state index in [1.165, 1.54) is 5.56 Å². The molecule has 1 spiro atoms. The molecule has 1 heterocycles. The molecule has 0 bridgehead atoms. The van der Waals surface area contributed by atoms with Crippen molar-refractivity contribution in [2.75, 3.05) is 13.1 Å². The van der Waals surface area contributed by atoms with Crippen LogP contribution in [0.5, 0.6) is 0 Å². The number of hydrogen-bond acceptors (Lipinski definition) is 3. The fourth-order valence-corrected chi connectivity index (χ4v) is 4.41. The zero-order valence-corrected chi connectivity index (χ0v) is 15.7. The third-order valence-corrected chi connectivity index (χ3v) is 6.01. The largest absolute Gasteiger partial charge is 0.338 e. The van der Waals surface area contributed by atoms with Gasteiger partial charge in [-0.15, -0.1) is 0 Å². The molecule has 1 aliphatic heterocycles. The molecule has 28 heavy (non-hydrogen) atoms. The second-order valence-corrected chi connectivity index (χ2v) is 7.70. The molecule has 2 aliphatic rings. The highest BCUT2D eigenvalue weighted by atomic mass is 16.5. The number of hydrogen-bond donors (Lipinski definition) is 2. The highest BCUT2D eigenvalue weighted by Gasteiger charge is 2.47. The van der Waals surface area contributed by atoms with Gasteiger partial charge in [-0.3, -0.25) is 14.8 Å². The average molecular weight is 376 g/mol. The van der Waals surface area contributed by atoms with Gasteiger partial charge in [0, 0.05) is 18.7 Å². The summed E-state index contributed by atoms with van der Waals surface area (Å²) >= 11 is 0. The number of fused-ring (bicyclic) bond motifs is 1. The Morgan fingerprint density at radius 3 is 2.75 bits per heavy atom. The fourth-order valence-electron chi connectivity index (χ4n) is 4.41. The highest BCUT2D eigenvalue weighted by Crippen LogP contribution is 2.43. The van der Waals surface area contributed by atoms with Crippen molar-refractivity contribution in [1.29, 1.82) is 0 Å². The summed E-state index contributed by atoms with van der Waals surface area (Å²) in [5.41, 5.74) is 5.11. The SMILES string of the molecule is O=C(NO)c1ccc2c(c1)C[C@]1(CC2)CCN(CC=Cc2ccccc2)C1=O. The van der Waals surface area contributed by atoms with Crippen molar-refractivity contribution < 1.29 is 14.8 Å². The zero-order valence-electron chi connectivity index (χ0n) is 15.7. The molecule has 2 aromatic rings. The molecule has 1 fully saturated rings. The summed E-state index contributed by atoms with van der Waals surface area (Å²) in [5, 5.41) is 8.87. The van der Waals surface area contributed by atoms with Crippen LogP contribution in [0, 0.1) is 5.41 Å². The lowest BCUT2D eigenvalue weighted by Gasteiger charge is -2.33. The smallest absolute Gasteiger partial charge is 0.274 e. The van der Waals surface area contributed by atoms with Crippen LogP contribution in [0.15, 0.2) is 54.6 Å². The average Bonchev–Trinajstić information content (AvgIpc) is 3.03. The number of likely N-dealkylation sites (tertiary alicyclic amines) is 1. The predicted octanol–water partition coefficient (Wildman–Crippen LogP) is 3.23. The van der Waals surface area contributed by atoms with Crippen molar-refractivity contribution in [2.45, 2.75) is 25.7 Å². The molecular formula is C23H24N2O3. The van der Waals surface area contributed by atoms with Gasteiger partial charge in [-0.05, 0) is 54.5 Å². The van der Waals surface area contributed by atoms with Gasteiger partial charge in [0.05, 0.1) is 5.41 Å². The molecule has 2 N–H and O–H groups in total.